The zero-order valence-electron chi connectivity index (χ0n) is 22.7. The third-order valence-electron chi connectivity index (χ3n) is 8.46. The molecule has 4 heterocycles. The summed E-state index contributed by atoms with van der Waals surface area (Å²) >= 11 is 6.09. The van der Waals surface area contributed by atoms with Gasteiger partial charge >= 0.3 is 0 Å². The van der Waals surface area contributed by atoms with Gasteiger partial charge in [-0.25, -0.2) is 9.37 Å². The van der Waals surface area contributed by atoms with Gasteiger partial charge in [-0.3, -0.25) is 19.6 Å². The molecule has 3 aromatic carbocycles. The molecule has 0 bridgehead atoms. The van der Waals surface area contributed by atoms with Crippen molar-refractivity contribution in [1.82, 2.24) is 35.3 Å². The molecule has 1 spiro atoms. The van der Waals surface area contributed by atoms with E-state index in [0.717, 1.165) is 23.4 Å². The number of amides is 2. The van der Waals surface area contributed by atoms with E-state index in [1.54, 1.807) is 17.0 Å². The lowest BCUT2D eigenvalue weighted by Crippen LogP contribution is -2.64. The zero-order valence-corrected chi connectivity index (χ0v) is 23.5. The Morgan fingerprint density at radius 1 is 1.05 bits per heavy atom. The fraction of sp³-hybridized carbons (Fsp3) is 0.290. The van der Waals surface area contributed by atoms with Gasteiger partial charge in [-0.05, 0) is 42.0 Å². The van der Waals surface area contributed by atoms with E-state index in [1.807, 2.05) is 30.3 Å². The molecule has 7 rings (SSSR count). The summed E-state index contributed by atoms with van der Waals surface area (Å²) in [6, 6.07) is 19.9. The number of likely N-dealkylation sites (tertiary alicyclic amines) is 2. The highest BCUT2D eigenvalue weighted by molar-refractivity contribution is 6.31. The number of hydrogen-bond donors (Lipinski definition) is 3. The molecule has 9 nitrogen and oxygen atoms in total. The number of benzene rings is 3. The molecule has 2 amide bonds. The summed E-state index contributed by atoms with van der Waals surface area (Å²) in [5.41, 5.74) is 3.31. The van der Waals surface area contributed by atoms with E-state index in [2.05, 4.69) is 42.5 Å². The fourth-order valence-electron chi connectivity index (χ4n) is 6.45. The van der Waals surface area contributed by atoms with Crippen LogP contribution in [0, 0.1) is 17.2 Å². The second-order valence-electron chi connectivity index (χ2n) is 11.4. The Labute approximate surface area is 246 Å². The lowest BCUT2D eigenvalue weighted by atomic mass is 9.71. The largest absolute Gasteiger partial charge is 0.355 e. The first kappa shape index (κ1) is 26.6. The molecule has 2 fully saturated rings. The van der Waals surface area contributed by atoms with Gasteiger partial charge in [-0.1, -0.05) is 41.9 Å². The molecule has 2 aliphatic rings. The number of hydrogen-bond acceptors (Lipinski definition) is 5. The molecule has 3 N–H and O–H groups in total. The van der Waals surface area contributed by atoms with Crippen LogP contribution in [0.1, 0.15) is 21.9 Å². The Hall–Kier alpha value is -4.28. The van der Waals surface area contributed by atoms with Crippen molar-refractivity contribution < 1.29 is 14.0 Å². The van der Waals surface area contributed by atoms with Crippen molar-refractivity contribution in [2.45, 2.75) is 13.0 Å². The summed E-state index contributed by atoms with van der Waals surface area (Å²) in [6.45, 7) is 3.33. The predicted molar refractivity (Wildman–Crippen MR) is 157 cm³/mol. The average molecular weight is 586 g/mol. The first-order chi connectivity index (χ1) is 20.4. The van der Waals surface area contributed by atoms with Crippen LogP contribution in [0.4, 0.5) is 4.39 Å². The maximum absolute atomic E-state index is 13.9. The van der Waals surface area contributed by atoms with Gasteiger partial charge in [0.2, 0.25) is 5.91 Å². The molecule has 11 heteroatoms. The Morgan fingerprint density at radius 2 is 1.88 bits per heavy atom. The lowest BCUT2D eigenvalue weighted by molar-refractivity contribution is -0.131. The maximum Gasteiger partial charge on any atom is 0.275 e. The van der Waals surface area contributed by atoms with Crippen molar-refractivity contribution in [2.24, 2.45) is 11.3 Å². The molecule has 42 heavy (non-hydrogen) atoms. The van der Waals surface area contributed by atoms with Gasteiger partial charge in [0.25, 0.3) is 5.91 Å². The maximum atomic E-state index is 13.9. The smallest absolute Gasteiger partial charge is 0.275 e. The van der Waals surface area contributed by atoms with Crippen LogP contribution in [0.3, 0.4) is 0 Å². The molecule has 5 aromatic rings. The number of carbonyl (C=O) groups is 2. The van der Waals surface area contributed by atoms with E-state index < -0.39 is 5.82 Å². The summed E-state index contributed by atoms with van der Waals surface area (Å²) in [5, 5.41) is 11.2. The van der Waals surface area contributed by atoms with Crippen molar-refractivity contribution in [1.29, 1.82) is 0 Å². The molecule has 2 aromatic heterocycles. The number of carbonyl (C=O) groups excluding carboxylic acids is 2. The van der Waals surface area contributed by atoms with E-state index in [4.69, 9.17) is 11.6 Å². The van der Waals surface area contributed by atoms with Gasteiger partial charge in [-0.15, -0.1) is 0 Å². The normalized spacial score (nSPS) is 18.1. The summed E-state index contributed by atoms with van der Waals surface area (Å²) < 4.78 is 13.9. The second-order valence-corrected chi connectivity index (χ2v) is 11.8. The second kappa shape index (κ2) is 10.5. The van der Waals surface area contributed by atoms with Crippen molar-refractivity contribution in [3.8, 4) is 0 Å². The molecule has 0 radical (unpaired) electrons. The average Bonchev–Trinajstić information content (AvgIpc) is 3.67. The summed E-state index contributed by atoms with van der Waals surface area (Å²) in [6.07, 6.45) is 0.554. The molecular formula is C31H29ClFN7O2. The van der Waals surface area contributed by atoms with Gasteiger partial charge in [0.15, 0.2) is 5.69 Å². The van der Waals surface area contributed by atoms with E-state index >= 15 is 0 Å². The van der Waals surface area contributed by atoms with Crippen LogP contribution in [0.15, 0.2) is 66.7 Å². The SMILES string of the molecule is O=C(NCCc1nc2ccc(Cl)cc2[nH]1)C1CN(Cc2ccccc2)CC12CN(C(=O)c1n[nH]c3ccc(F)cc13)C2. The number of imidazole rings is 1. The Morgan fingerprint density at radius 3 is 2.71 bits per heavy atom. The minimum atomic E-state index is -0.423. The molecule has 214 valence electrons. The third kappa shape index (κ3) is 4.90. The van der Waals surface area contributed by atoms with E-state index in [9.17, 15) is 14.0 Å². The predicted octanol–water partition coefficient (Wildman–Crippen LogP) is 4.16. The van der Waals surface area contributed by atoms with Crippen LogP contribution < -0.4 is 5.32 Å². The van der Waals surface area contributed by atoms with Crippen LogP contribution in [0.25, 0.3) is 21.9 Å². The number of H-pyrrole nitrogens is 2. The monoisotopic (exact) mass is 585 g/mol. The number of nitrogens with zero attached hydrogens (tertiary/aromatic N) is 4. The van der Waals surface area contributed by atoms with Crippen LogP contribution >= 0.6 is 11.6 Å². The van der Waals surface area contributed by atoms with Gasteiger partial charge in [0, 0.05) is 61.5 Å². The third-order valence-corrected chi connectivity index (χ3v) is 8.70. The minimum absolute atomic E-state index is 0.0240. The van der Waals surface area contributed by atoms with Crippen molar-refractivity contribution in [2.75, 3.05) is 32.7 Å². The van der Waals surface area contributed by atoms with Crippen molar-refractivity contribution >= 4 is 45.4 Å². The highest BCUT2D eigenvalue weighted by atomic mass is 35.5. The van der Waals surface area contributed by atoms with Crippen molar-refractivity contribution in [3.05, 3.63) is 94.7 Å². The molecule has 1 atom stereocenters. The number of nitrogens with one attached hydrogen (secondary N) is 3. The molecule has 0 saturated carbocycles. The fourth-order valence-corrected chi connectivity index (χ4v) is 6.62. The van der Waals surface area contributed by atoms with E-state index in [0.29, 0.717) is 55.1 Å². The van der Waals surface area contributed by atoms with E-state index in [1.165, 1.54) is 17.7 Å². The van der Waals surface area contributed by atoms with Crippen LogP contribution in [0.2, 0.25) is 5.02 Å². The first-order valence-electron chi connectivity index (χ1n) is 14.0. The van der Waals surface area contributed by atoms with Gasteiger partial charge in [0.1, 0.15) is 11.6 Å². The Kier molecular flexibility index (Phi) is 6.67. The molecule has 0 aliphatic carbocycles. The summed E-state index contributed by atoms with van der Waals surface area (Å²) in [7, 11) is 0. The highest BCUT2D eigenvalue weighted by Crippen LogP contribution is 2.45. The quantitative estimate of drug-likeness (QED) is 0.266. The summed E-state index contributed by atoms with van der Waals surface area (Å²) in [4.78, 5) is 38.9. The minimum Gasteiger partial charge on any atom is -0.355 e. The molecule has 2 aliphatic heterocycles. The molecule has 2 saturated heterocycles. The summed E-state index contributed by atoms with van der Waals surface area (Å²) in [5.74, 6) is -0.212. The Balaban J connectivity index is 1.05. The van der Waals surface area contributed by atoms with Gasteiger partial charge < -0.3 is 15.2 Å². The lowest BCUT2D eigenvalue weighted by Gasteiger charge is -2.50. The topological polar surface area (TPSA) is 110 Å². The molecular weight excluding hydrogens is 557 g/mol. The van der Waals surface area contributed by atoms with Crippen LogP contribution in [-0.4, -0.2) is 74.5 Å². The highest BCUT2D eigenvalue weighted by Gasteiger charge is 2.58. The number of rotatable bonds is 7. The molecule has 1 unspecified atom stereocenters. The van der Waals surface area contributed by atoms with Crippen molar-refractivity contribution in [3.63, 3.8) is 0 Å². The van der Waals surface area contributed by atoms with Crippen LogP contribution in [-0.2, 0) is 17.8 Å². The standard InChI is InChI=1S/C31H29ClFN7O2/c32-20-6-8-25-26(12-20)36-27(35-25)10-11-34-29(41)23-15-39(14-19-4-2-1-3-5-19)16-31(23)17-40(18-31)30(42)28-22-13-21(33)7-9-24(22)37-38-28/h1-9,12-13,23H,10-11,14-18H2,(H,34,41)(H,35,36)(H,37,38). The van der Waals surface area contributed by atoms with Crippen LogP contribution in [0.5, 0.6) is 0 Å². The van der Waals surface area contributed by atoms with E-state index in [-0.39, 0.29) is 28.8 Å². The number of halogens is 2. The Bertz CT molecular complexity index is 1800. The number of fused-ring (bicyclic) bond motifs is 2. The number of aromatic amines is 2. The first-order valence-corrected chi connectivity index (χ1v) is 14.4. The zero-order chi connectivity index (χ0) is 28.8. The van der Waals surface area contributed by atoms with Gasteiger partial charge in [0.05, 0.1) is 22.5 Å². The van der Waals surface area contributed by atoms with Gasteiger partial charge in [-0.2, -0.15) is 5.10 Å². The number of aromatic nitrogens is 4.